The number of carboxylic acids is 1. The zero-order chi connectivity index (χ0) is 16.0. The van der Waals surface area contributed by atoms with Crippen LogP contribution in [0, 0.1) is 5.92 Å². The second-order valence-corrected chi connectivity index (χ2v) is 5.03. The van der Waals surface area contributed by atoms with Gasteiger partial charge in [-0.3, -0.25) is 14.4 Å². The Morgan fingerprint density at radius 3 is 2.57 bits per heavy atom. The van der Waals surface area contributed by atoms with Crippen molar-refractivity contribution < 1.29 is 19.5 Å². The summed E-state index contributed by atoms with van der Waals surface area (Å²) in [6, 6.07) is -0.721. The number of hydrogen-bond acceptors (Lipinski definition) is 5. The molecule has 1 atom stereocenters. The molecule has 0 fully saturated rings. The highest BCUT2D eigenvalue weighted by atomic mass is 16.4. The van der Waals surface area contributed by atoms with Crippen LogP contribution in [-0.2, 0) is 16.1 Å². The normalized spacial score (nSPS) is 12.0. The van der Waals surface area contributed by atoms with E-state index in [1.807, 2.05) is 13.8 Å². The van der Waals surface area contributed by atoms with Gasteiger partial charge in [-0.2, -0.15) is 0 Å². The van der Waals surface area contributed by atoms with Crippen LogP contribution in [0.1, 0.15) is 31.3 Å². The fourth-order valence-electron chi connectivity index (χ4n) is 1.41. The first-order valence-electron chi connectivity index (χ1n) is 6.50. The molecule has 0 saturated heterocycles. The maximum atomic E-state index is 11.8. The number of carboxylic acid groups (broad SMARTS) is 1. The number of hydrogen-bond donors (Lipinski definition) is 3. The van der Waals surface area contributed by atoms with Gasteiger partial charge < -0.3 is 15.7 Å². The smallest absolute Gasteiger partial charge is 0.325 e. The summed E-state index contributed by atoms with van der Waals surface area (Å²) in [4.78, 5) is 34.1. The first-order chi connectivity index (χ1) is 9.79. The highest BCUT2D eigenvalue weighted by Crippen LogP contribution is 1.95. The number of aromatic nitrogens is 3. The first kappa shape index (κ1) is 16.6. The molecule has 9 heteroatoms. The zero-order valence-electron chi connectivity index (χ0n) is 12.2. The summed E-state index contributed by atoms with van der Waals surface area (Å²) in [5, 5.41) is 20.8. The Balaban J connectivity index is 2.53. The van der Waals surface area contributed by atoms with E-state index in [1.54, 1.807) is 6.92 Å². The van der Waals surface area contributed by atoms with Crippen molar-refractivity contribution in [3.63, 3.8) is 0 Å². The molecule has 2 amide bonds. The van der Waals surface area contributed by atoms with Crippen molar-refractivity contribution >= 4 is 17.8 Å². The molecule has 0 radical (unpaired) electrons. The third kappa shape index (κ3) is 5.59. The van der Waals surface area contributed by atoms with E-state index >= 15 is 0 Å². The minimum Gasteiger partial charge on any atom is -0.480 e. The molecule has 21 heavy (non-hydrogen) atoms. The SMILES string of the molecule is CC(C)CNC(=O)C(C)NC(=O)c1cn(CC(=O)O)nn1. The Morgan fingerprint density at radius 1 is 1.33 bits per heavy atom. The lowest BCUT2D eigenvalue weighted by atomic mass is 10.2. The molecule has 9 nitrogen and oxygen atoms in total. The summed E-state index contributed by atoms with van der Waals surface area (Å²) in [5.74, 6) is -1.66. The van der Waals surface area contributed by atoms with Crippen molar-refractivity contribution in [3.8, 4) is 0 Å². The van der Waals surface area contributed by atoms with Gasteiger partial charge in [0.25, 0.3) is 5.91 Å². The quantitative estimate of drug-likeness (QED) is 0.608. The molecule has 0 aliphatic heterocycles. The van der Waals surface area contributed by atoms with Crippen molar-refractivity contribution in [1.29, 1.82) is 0 Å². The van der Waals surface area contributed by atoms with Crippen LogP contribution in [0.4, 0.5) is 0 Å². The number of nitrogens with one attached hydrogen (secondary N) is 2. The summed E-state index contributed by atoms with van der Waals surface area (Å²) in [6.45, 7) is 5.61. The Labute approximate surface area is 121 Å². The van der Waals surface area contributed by atoms with Gasteiger partial charge in [-0.25, -0.2) is 4.68 Å². The van der Waals surface area contributed by atoms with E-state index in [1.165, 1.54) is 6.20 Å². The Kier molecular flexibility index (Phi) is 5.82. The number of amides is 2. The molecule has 3 N–H and O–H groups in total. The molecule has 1 heterocycles. The van der Waals surface area contributed by atoms with Crippen LogP contribution < -0.4 is 10.6 Å². The second kappa shape index (κ2) is 7.36. The van der Waals surface area contributed by atoms with Gasteiger partial charge in [-0.1, -0.05) is 19.1 Å². The van der Waals surface area contributed by atoms with E-state index in [9.17, 15) is 14.4 Å². The van der Waals surface area contributed by atoms with Gasteiger partial charge in [0, 0.05) is 6.54 Å². The van der Waals surface area contributed by atoms with E-state index in [0.717, 1.165) is 4.68 Å². The molecule has 0 aliphatic carbocycles. The maximum absolute atomic E-state index is 11.8. The molecule has 116 valence electrons. The largest absolute Gasteiger partial charge is 0.480 e. The van der Waals surface area contributed by atoms with Gasteiger partial charge in [0.05, 0.1) is 6.20 Å². The van der Waals surface area contributed by atoms with Gasteiger partial charge in [0.15, 0.2) is 5.69 Å². The molecular formula is C12H19N5O4. The first-order valence-corrected chi connectivity index (χ1v) is 6.50. The van der Waals surface area contributed by atoms with Crippen LogP contribution in [0.5, 0.6) is 0 Å². The third-order valence-electron chi connectivity index (χ3n) is 2.49. The van der Waals surface area contributed by atoms with Crippen molar-refractivity contribution in [2.45, 2.75) is 33.4 Å². The van der Waals surface area contributed by atoms with Crippen molar-refractivity contribution in [1.82, 2.24) is 25.6 Å². The van der Waals surface area contributed by atoms with E-state index in [-0.39, 0.29) is 18.1 Å². The van der Waals surface area contributed by atoms with E-state index in [0.29, 0.717) is 12.5 Å². The number of carbonyl (C=O) groups is 3. The van der Waals surface area contributed by atoms with Crippen molar-refractivity contribution in [3.05, 3.63) is 11.9 Å². The Hall–Kier alpha value is -2.45. The lowest BCUT2D eigenvalue weighted by Gasteiger charge is -2.14. The molecule has 0 aromatic carbocycles. The van der Waals surface area contributed by atoms with Crippen LogP contribution >= 0.6 is 0 Å². The molecular weight excluding hydrogens is 278 g/mol. The highest BCUT2D eigenvalue weighted by Gasteiger charge is 2.19. The summed E-state index contributed by atoms with van der Waals surface area (Å²) >= 11 is 0. The maximum Gasteiger partial charge on any atom is 0.325 e. The van der Waals surface area contributed by atoms with Crippen LogP contribution in [0.2, 0.25) is 0 Å². The average Bonchev–Trinajstić information content (AvgIpc) is 2.83. The number of carbonyl (C=O) groups excluding carboxylic acids is 2. The van der Waals surface area contributed by atoms with Gasteiger partial charge in [0.2, 0.25) is 5.91 Å². The third-order valence-corrected chi connectivity index (χ3v) is 2.49. The van der Waals surface area contributed by atoms with Crippen LogP contribution in [-0.4, -0.2) is 50.5 Å². The summed E-state index contributed by atoms with van der Waals surface area (Å²) < 4.78 is 1.03. The van der Waals surface area contributed by atoms with Gasteiger partial charge >= 0.3 is 5.97 Å². The molecule has 0 aliphatic rings. The number of nitrogens with zero attached hydrogens (tertiary/aromatic N) is 3. The van der Waals surface area contributed by atoms with E-state index < -0.39 is 17.9 Å². The molecule has 1 aromatic rings. The summed E-state index contributed by atoms with van der Waals surface area (Å²) in [6.07, 6.45) is 1.21. The predicted octanol–water partition coefficient (Wildman–Crippen LogP) is -0.747. The minimum atomic E-state index is -1.09. The van der Waals surface area contributed by atoms with Crippen molar-refractivity contribution in [2.75, 3.05) is 6.54 Å². The van der Waals surface area contributed by atoms with Crippen LogP contribution in [0.3, 0.4) is 0 Å². The number of rotatable bonds is 7. The molecule has 1 rings (SSSR count). The van der Waals surface area contributed by atoms with E-state index in [2.05, 4.69) is 20.9 Å². The predicted molar refractivity (Wildman–Crippen MR) is 72.4 cm³/mol. The molecule has 1 aromatic heterocycles. The summed E-state index contributed by atoms with van der Waals surface area (Å²) in [5.41, 5.74) is -0.0419. The Morgan fingerprint density at radius 2 is 2.00 bits per heavy atom. The van der Waals surface area contributed by atoms with E-state index in [4.69, 9.17) is 5.11 Å². The fourth-order valence-corrected chi connectivity index (χ4v) is 1.41. The topological polar surface area (TPSA) is 126 Å². The van der Waals surface area contributed by atoms with Crippen molar-refractivity contribution in [2.24, 2.45) is 5.92 Å². The summed E-state index contributed by atoms with van der Waals surface area (Å²) in [7, 11) is 0. The molecule has 0 saturated carbocycles. The standard InChI is InChI=1S/C12H19N5O4/c1-7(2)4-13-11(20)8(3)14-12(21)9-5-17(16-15-9)6-10(18)19/h5,7-8H,4,6H2,1-3H3,(H,13,20)(H,14,21)(H,18,19). The average molecular weight is 297 g/mol. The van der Waals surface area contributed by atoms with Gasteiger partial charge in [-0.05, 0) is 12.8 Å². The lowest BCUT2D eigenvalue weighted by molar-refractivity contribution is -0.138. The van der Waals surface area contributed by atoms with Gasteiger partial charge in [0.1, 0.15) is 12.6 Å². The van der Waals surface area contributed by atoms with Crippen LogP contribution in [0.25, 0.3) is 0 Å². The lowest BCUT2D eigenvalue weighted by Crippen LogP contribution is -2.45. The second-order valence-electron chi connectivity index (χ2n) is 5.03. The fraction of sp³-hybridized carbons (Fsp3) is 0.583. The van der Waals surface area contributed by atoms with Crippen LogP contribution in [0.15, 0.2) is 6.20 Å². The molecule has 0 spiro atoms. The Bertz CT molecular complexity index is 525. The zero-order valence-corrected chi connectivity index (χ0v) is 12.2. The highest BCUT2D eigenvalue weighted by molar-refractivity contribution is 5.95. The number of aliphatic carboxylic acids is 1. The minimum absolute atomic E-state index is 0.0419. The molecule has 0 bridgehead atoms. The molecule has 1 unspecified atom stereocenters. The monoisotopic (exact) mass is 297 g/mol. The van der Waals surface area contributed by atoms with Gasteiger partial charge in [-0.15, -0.1) is 5.10 Å².